The molecule has 0 saturated carbocycles. The summed E-state index contributed by atoms with van der Waals surface area (Å²) in [5.74, 6) is -0.217. The summed E-state index contributed by atoms with van der Waals surface area (Å²) in [6.07, 6.45) is 0.277. The van der Waals surface area contributed by atoms with E-state index in [4.69, 9.17) is 11.6 Å². The van der Waals surface area contributed by atoms with Crippen molar-refractivity contribution in [1.82, 2.24) is 9.62 Å². The van der Waals surface area contributed by atoms with Crippen molar-refractivity contribution in [2.45, 2.75) is 24.3 Å². The molecule has 0 spiro atoms. The quantitative estimate of drug-likeness (QED) is 0.537. The molecule has 1 N–H and O–H groups in total. The first-order valence-corrected chi connectivity index (χ1v) is 13.1. The van der Waals surface area contributed by atoms with Crippen molar-refractivity contribution in [2.24, 2.45) is 0 Å². The third kappa shape index (κ3) is 5.97. The number of nitrogens with zero attached hydrogens (tertiary/aromatic N) is 2. The molecule has 0 aliphatic carbocycles. The van der Waals surface area contributed by atoms with Crippen LogP contribution in [0, 0.1) is 6.92 Å². The summed E-state index contributed by atoms with van der Waals surface area (Å²) >= 11 is 6.13. The third-order valence-corrected chi connectivity index (χ3v) is 7.70. The molecule has 0 aromatic heterocycles. The average Bonchev–Trinajstić information content (AvgIpc) is 2.84. The van der Waals surface area contributed by atoms with Crippen LogP contribution in [0.5, 0.6) is 0 Å². The lowest BCUT2D eigenvalue weighted by Gasteiger charge is -2.37. The van der Waals surface area contributed by atoms with Gasteiger partial charge in [0, 0.05) is 36.9 Å². The molecular formula is C26H28ClN3O3S. The molecule has 8 heteroatoms. The number of hydrogen-bond acceptors (Lipinski definition) is 4. The number of hydrogen-bond donors (Lipinski definition) is 1. The smallest absolute Gasteiger partial charge is 0.241 e. The summed E-state index contributed by atoms with van der Waals surface area (Å²) in [6.45, 7) is 4.20. The Balaban J connectivity index is 1.50. The van der Waals surface area contributed by atoms with E-state index < -0.39 is 16.1 Å². The molecule has 1 heterocycles. The fourth-order valence-corrected chi connectivity index (χ4v) is 5.45. The Hall–Kier alpha value is -2.87. The van der Waals surface area contributed by atoms with E-state index in [0.717, 1.165) is 16.8 Å². The fourth-order valence-electron chi connectivity index (χ4n) is 4.08. The molecule has 1 aliphatic heterocycles. The van der Waals surface area contributed by atoms with Crippen LogP contribution < -0.4 is 9.62 Å². The first kappa shape index (κ1) is 24.3. The second-order valence-corrected chi connectivity index (χ2v) is 10.6. The standard InChI is InChI=1S/C26H28ClN3O3S/c1-20-10-12-24(13-11-20)34(32,33)28-25(18-21-6-3-2-4-7-21)26(31)30-16-14-29(15-17-30)23-9-5-8-22(27)19-23/h2-13,19,25,28H,14-18H2,1H3/t25-/m1/s1. The van der Waals surface area contributed by atoms with E-state index in [-0.39, 0.29) is 17.2 Å². The van der Waals surface area contributed by atoms with Crippen molar-refractivity contribution in [1.29, 1.82) is 0 Å². The van der Waals surface area contributed by atoms with Crippen molar-refractivity contribution in [3.05, 3.63) is 95.0 Å². The lowest BCUT2D eigenvalue weighted by molar-refractivity contribution is -0.133. The SMILES string of the molecule is Cc1ccc(S(=O)(=O)N[C@H](Cc2ccccc2)C(=O)N2CCN(c3cccc(Cl)c3)CC2)cc1. The summed E-state index contributed by atoms with van der Waals surface area (Å²) in [5.41, 5.74) is 2.87. The number of rotatable bonds is 7. The van der Waals surface area contributed by atoms with Crippen LogP contribution in [0.1, 0.15) is 11.1 Å². The first-order chi connectivity index (χ1) is 16.3. The van der Waals surface area contributed by atoms with Crippen molar-refractivity contribution in [2.75, 3.05) is 31.1 Å². The van der Waals surface area contributed by atoms with Gasteiger partial charge in [-0.05, 0) is 49.2 Å². The number of nitrogens with one attached hydrogen (secondary N) is 1. The minimum absolute atomic E-state index is 0.148. The first-order valence-electron chi connectivity index (χ1n) is 11.2. The number of anilines is 1. The Morgan fingerprint density at radius 3 is 2.26 bits per heavy atom. The van der Waals surface area contributed by atoms with Crippen molar-refractivity contribution in [3.8, 4) is 0 Å². The Kier molecular flexibility index (Phi) is 7.56. The van der Waals surface area contributed by atoms with Gasteiger partial charge in [-0.15, -0.1) is 0 Å². The highest BCUT2D eigenvalue weighted by atomic mass is 35.5. The molecule has 4 rings (SSSR count). The van der Waals surface area contributed by atoms with Gasteiger partial charge in [0.05, 0.1) is 4.90 Å². The van der Waals surface area contributed by atoms with Gasteiger partial charge in [0.25, 0.3) is 0 Å². The zero-order chi connectivity index (χ0) is 24.1. The third-order valence-electron chi connectivity index (χ3n) is 5.97. The van der Waals surface area contributed by atoms with Crippen LogP contribution in [-0.2, 0) is 21.2 Å². The van der Waals surface area contributed by atoms with E-state index >= 15 is 0 Å². The maximum absolute atomic E-state index is 13.5. The van der Waals surface area contributed by atoms with Crippen LogP contribution in [-0.4, -0.2) is 51.4 Å². The van der Waals surface area contributed by atoms with Crippen LogP contribution in [0.4, 0.5) is 5.69 Å². The highest BCUT2D eigenvalue weighted by molar-refractivity contribution is 7.89. The van der Waals surface area contributed by atoms with Crippen molar-refractivity contribution >= 4 is 33.2 Å². The van der Waals surface area contributed by atoms with Gasteiger partial charge in [-0.1, -0.05) is 65.7 Å². The van der Waals surface area contributed by atoms with Crippen LogP contribution in [0.15, 0.2) is 83.8 Å². The highest BCUT2D eigenvalue weighted by Gasteiger charge is 2.31. The number of carbonyl (C=O) groups is 1. The number of benzene rings is 3. The number of aryl methyl sites for hydroxylation is 1. The predicted molar refractivity (Wildman–Crippen MR) is 136 cm³/mol. The summed E-state index contributed by atoms with van der Waals surface area (Å²) in [6, 6.07) is 22.8. The maximum Gasteiger partial charge on any atom is 0.241 e. The minimum Gasteiger partial charge on any atom is -0.368 e. The van der Waals surface area contributed by atoms with Gasteiger partial charge in [0.2, 0.25) is 15.9 Å². The van der Waals surface area contributed by atoms with Crippen LogP contribution in [0.25, 0.3) is 0 Å². The summed E-state index contributed by atoms with van der Waals surface area (Å²) in [7, 11) is -3.86. The normalized spacial score (nSPS) is 15.2. The van der Waals surface area contributed by atoms with Gasteiger partial charge < -0.3 is 9.80 Å². The topological polar surface area (TPSA) is 69.7 Å². The highest BCUT2D eigenvalue weighted by Crippen LogP contribution is 2.21. The zero-order valence-electron chi connectivity index (χ0n) is 19.0. The van der Waals surface area contributed by atoms with E-state index in [1.165, 1.54) is 0 Å². The van der Waals surface area contributed by atoms with Crippen LogP contribution >= 0.6 is 11.6 Å². The average molecular weight is 498 g/mol. The summed E-state index contributed by atoms with van der Waals surface area (Å²) in [5, 5.41) is 0.671. The second-order valence-electron chi connectivity index (χ2n) is 8.47. The molecular weight excluding hydrogens is 470 g/mol. The largest absolute Gasteiger partial charge is 0.368 e. The van der Waals surface area contributed by atoms with Gasteiger partial charge in [0.1, 0.15) is 6.04 Å². The Morgan fingerprint density at radius 2 is 1.62 bits per heavy atom. The Labute approximate surface area is 206 Å². The molecule has 1 saturated heterocycles. The molecule has 3 aromatic rings. The lowest BCUT2D eigenvalue weighted by atomic mass is 10.1. The Morgan fingerprint density at radius 1 is 0.941 bits per heavy atom. The molecule has 1 fully saturated rings. The minimum atomic E-state index is -3.86. The van der Waals surface area contributed by atoms with Crippen molar-refractivity contribution < 1.29 is 13.2 Å². The number of sulfonamides is 1. The van der Waals surface area contributed by atoms with E-state index in [2.05, 4.69) is 9.62 Å². The summed E-state index contributed by atoms with van der Waals surface area (Å²) in [4.78, 5) is 17.6. The van der Waals surface area contributed by atoms with Crippen LogP contribution in [0.2, 0.25) is 5.02 Å². The van der Waals surface area contributed by atoms with Gasteiger partial charge >= 0.3 is 0 Å². The molecule has 0 unspecified atom stereocenters. The number of piperazine rings is 1. The molecule has 0 radical (unpaired) electrons. The lowest BCUT2D eigenvalue weighted by Crippen LogP contribution is -2.55. The zero-order valence-corrected chi connectivity index (χ0v) is 20.6. The van der Waals surface area contributed by atoms with E-state index in [1.54, 1.807) is 29.2 Å². The number of amides is 1. The van der Waals surface area contributed by atoms with Gasteiger partial charge in [-0.25, -0.2) is 8.42 Å². The van der Waals surface area contributed by atoms with Gasteiger partial charge in [-0.2, -0.15) is 4.72 Å². The van der Waals surface area contributed by atoms with E-state index in [0.29, 0.717) is 31.2 Å². The van der Waals surface area contributed by atoms with Crippen molar-refractivity contribution in [3.63, 3.8) is 0 Å². The molecule has 1 atom stereocenters. The molecule has 178 valence electrons. The van der Waals surface area contributed by atoms with E-state index in [1.807, 2.05) is 61.5 Å². The monoisotopic (exact) mass is 497 g/mol. The number of halogens is 1. The molecule has 6 nitrogen and oxygen atoms in total. The summed E-state index contributed by atoms with van der Waals surface area (Å²) < 4.78 is 28.9. The predicted octanol–water partition coefficient (Wildman–Crippen LogP) is 3.89. The van der Waals surface area contributed by atoms with Gasteiger partial charge in [-0.3, -0.25) is 4.79 Å². The molecule has 34 heavy (non-hydrogen) atoms. The number of carbonyl (C=O) groups excluding carboxylic acids is 1. The second kappa shape index (κ2) is 10.6. The van der Waals surface area contributed by atoms with Gasteiger partial charge in [0.15, 0.2) is 0 Å². The van der Waals surface area contributed by atoms with E-state index in [9.17, 15) is 13.2 Å². The molecule has 0 bridgehead atoms. The molecule has 1 aliphatic rings. The van der Waals surface area contributed by atoms with Crippen LogP contribution in [0.3, 0.4) is 0 Å². The fraction of sp³-hybridized carbons (Fsp3) is 0.269. The Bertz CT molecular complexity index is 1230. The molecule has 1 amide bonds. The maximum atomic E-state index is 13.5. The molecule has 3 aromatic carbocycles.